The lowest BCUT2D eigenvalue weighted by molar-refractivity contribution is -0.147. The zero-order valence-corrected chi connectivity index (χ0v) is 22.3. The Morgan fingerprint density at radius 1 is 0.756 bits per heavy atom. The monoisotopic (exact) mass is 549 g/mol. The summed E-state index contributed by atoms with van der Waals surface area (Å²) in [4.78, 5) is 51.6. The zero-order valence-electron chi connectivity index (χ0n) is 22.3. The first kappa shape index (κ1) is 27.3. The van der Waals surface area contributed by atoms with Crippen LogP contribution >= 0.6 is 0 Å². The number of anilines is 1. The van der Waals surface area contributed by atoms with E-state index in [1.54, 1.807) is 54.6 Å². The van der Waals surface area contributed by atoms with Crippen molar-refractivity contribution >= 4 is 29.3 Å². The number of rotatable bonds is 9. The van der Waals surface area contributed by atoms with Crippen LogP contribution in [0.15, 0.2) is 103 Å². The van der Waals surface area contributed by atoms with Crippen LogP contribution in [0.3, 0.4) is 0 Å². The number of ether oxygens (including phenoxy) is 3. The summed E-state index contributed by atoms with van der Waals surface area (Å²) in [7, 11) is 0. The highest BCUT2D eigenvalue weighted by molar-refractivity contribution is 6.01. The number of ketones is 1. The molecule has 5 rings (SSSR count). The number of amides is 1. The van der Waals surface area contributed by atoms with Crippen LogP contribution in [-0.4, -0.2) is 36.8 Å². The number of esters is 2. The fourth-order valence-electron chi connectivity index (χ4n) is 4.34. The van der Waals surface area contributed by atoms with Gasteiger partial charge in [-0.1, -0.05) is 35.9 Å². The standard InChI is InChI=1S/C33H27NO7/c1-22-7-13-27(14-8-22)40-28-17-11-26(12-18-28)34-20-25(19-31(34)36)32(37)39-21-30(35)23-9-15-29(16-10-23)41-33(38)24-5-3-2-4-6-24/h2-18,25H,19-21H2,1H3/t25-/m0/s1. The number of carbonyl (C=O) groups excluding carboxylic acids is 4. The molecule has 1 atom stereocenters. The molecule has 8 heteroatoms. The van der Waals surface area contributed by atoms with E-state index >= 15 is 0 Å². The third-order valence-electron chi connectivity index (χ3n) is 6.61. The number of nitrogens with zero attached hydrogens (tertiary/aromatic N) is 1. The van der Waals surface area contributed by atoms with Gasteiger partial charge in [0.1, 0.15) is 17.2 Å². The highest BCUT2D eigenvalue weighted by Gasteiger charge is 2.36. The van der Waals surface area contributed by atoms with Gasteiger partial charge < -0.3 is 19.1 Å². The van der Waals surface area contributed by atoms with Crippen molar-refractivity contribution in [2.75, 3.05) is 18.1 Å². The largest absolute Gasteiger partial charge is 0.457 e. The SMILES string of the molecule is Cc1ccc(Oc2ccc(N3C[C@@H](C(=O)OCC(=O)c4ccc(OC(=O)c5ccccc5)cc4)CC3=O)cc2)cc1. The van der Waals surface area contributed by atoms with Gasteiger partial charge in [0.25, 0.3) is 0 Å². The van der Waals surface area contributed by atoms with Crippen LogP contribution in [0.25, 0.3) is 0 Å². The Balaban J connectivity index is 1.11. The van der Waals surface area contributed by atoms with Crippen LogP contribution in [0.2, 0.25) is 0 Å². The maximum absolute atomic E-state index is 12.7. The first-order valence-corrected chi connectivity index (χ1v) is 13.1. The van der Waals surface area contributed by atoms with Crippen molar-refractivity contribution in [1.29, 1.82) is 0 Å². The van der Waals surface area contributed by atoms with Crippen LogP contribution in [0.4, 0.5) is 5.69 Å². The van der Waals surface area contributed by atoms with Gasteiger partial charge in [0.2, 0.25) is 5.91 Å². The van der Waals surface area contributed by atoms with Gasteiger partial charge in [0, 0.05) is 24.2 Å². The molecule has 4 aromatic rings. The zero-order chi connectivity index (χ0) is 28.8. The van der Waals surface area contributed by atoms with Crippen molar-refractivity contribution in [1.82, 2.24) is 0 Å². The second-order valence-corrected chi connectivity index (χ2v) is 9.63. The molecule has 0 aromatic heterocycles. The van der Waals surface area contributed by atoms with Crippen molar-refractivity contribution in [2.24, 2.45) is 5.92 Å². The molecule has 0 bridgehead atoms. The molecule has 0 saturated carbocycles. The van der Waals surface area contributed by atoms with Crippen molar-refractivity contribution in [2.45, 2.75) is 13.3 Å². The number of aryl methyl sites for hydroxylation is 1. The van der Waals surface area contributed by atoms with E-state index in [2.05, 4.69) is 0 Å². The minimum Gasteiger partial charge on any atom is -0.457 e. The molecule has 1 heterocycles. The molecule has 1 amide bonds. The summed E-state index contributed by atoms with van der Waals surface area (Å²) in [6.45, 7) is 1.70. The van der Waals surface area contributed by atoms with E-state index in [1.165, 1.54) is 29.2 Å². The molecule has 0 radical (unpaired) electrons. The second kappa shape index (κ2) is 12.3. The van der Waals surface area contributed by atoms with Crippen molar-refractivity contribution < 1.29 is 33.4 Å². The first-order valence-electron chi connectivity index (χ1n) is 13.1. The van der Waals surface area contributed by atoms with E-state index in [0.717, 1.165) is 5.56 Å². The molecular formula is C33H27NO7. The summed E-state index contributed by atoms with van der Waals surface area (Å²) in [5.74, 6) is -0.797. The van der Waals surface area contributed by atoms with Gasteiger partial charge in [-0.05, 0) is 79.7 Å². The smallest absolute Gasteiger partial charge is 0.343 e. The molecule has 1 aliphatic rings. The minimum absolute atomic E-state index is 0.00385. The number of benzene rings is 4. The quantitative estimate of drug-likeness (QED) is 0.148. The summed E-state index contributed by atoms with van der Waals surface area (Å²) in [5.41, 5.74) is 2.49. The molecule has 206 valence electrons. The van der Waals surface area contributed by atoms with Gasteiger partial charge in [-0.15, -0.1) is 0 Å². The molecule has 1 aliphatic heterocycles. The van der Waals surface area contributed by atoms with Gasteiger partial charge in [-0.3, -0.25) is 14.4 Å². The molecule has 1 saturated heterocycles. The van der Waals surface area contributed by atoms with E-state index in [9.17, 15) is 19.2 Å². The van der Waals surface area contributed by atoms with E-state index < -0.39 is 30.2 Å². The summed E-state index contributed by atoms with van der Waals surface area (Å²) < 4.78 is 16.4. The summed E-state index contributed by atoms with van der Waals surface area (Å²) >= 11 is 0. The number of hydrogen-bond acceptors (Lipinski definition) is 7. The molecule has 0 spiro atoms. The van der Waals surface area contributed by atoms with Crippen LogP contribution in [0, 0.1) is 12.8 Å². The second-order valence-electron chi connectivity index (χ2n) is 9.63. The van der Waals surface area contributed by atoms with Gasteiger partial charge in [-0.25, -0.2) is 4.79 Å². The molecule has 0 N–H and O–H groups in total. The number of Topliss-reactive ketones (excluding diaryl/α,β-unsaturated/α-hetero) is 1. The highest BCUT2D eigenvalue weighted by atomic mass is 16.5. The molecule has 1 fully saturated rings. The van der Waals surface area contributed by atoms with Crippen LogP contribution in [-0.2, 0) is 14.3 Å². The number of carbonyl (C=O) groups is 4. The normalized spacial score (nSPS) is 14.4. The van der Waals surface area contributed by atoms with Crippen LogP contribution in [0.1, 0.15) is 32.7 Å². The van der Waals surface area contributed by atoms with E-state index in [1.807, 2.05) is 31.2 Å². The van der Waals surface area contributed by atoms with Crippen molar-refractivity contribution in [3.05, 3.63) is 120 Å². The van der Waals surface area contributed by atoms with Crippen LogP contribution in [0.5, 0.6) is 17.2 Å². The van der Waals surface area contributed by atoms with Crippen molar-refractivity contribution in [3.8, 4) is 17.2 Å². The molecule has 0 aliphatic carbocycles. The fraction of sp³-hybridized carbons (Fsp3) is 0.152. The molecule has 8 nitrogen and oxygen atoms in total. The average Bonchev–Trinajstić information content (AvgIpc) is 3.39. The Kier molecular flexibility index (Phi) is 8.20. The predicted octanol–water partition coefficient (Wildman–Crippen LogP) is 5.79. The van der Waals surface area contributed by atoms with E-state index in [4.69, 9.17) is 14.2 Å². The third-order valence-corrected chi connectivity index (χ3v) is 6.61. The lowest BCUT2D eigenvalue weighted by atomic mass is 10.1. The molecule has 41 heavy (non-hydrogen) atoms. The average molecular weight is 550 g/mol. The van der Waals surface area contributed by atoms with Gasteiger partial charge in [0.05, 0.1) is 11.5 Å². The lowest BCUT2D eigenvalue weighted by Crippen LogP contribution is -2.27. The number of hydrogen-bond donors (Lipinski definition) is 0. The van der Waals surface area contributed by atoms with E-state index in [0.29, 0.717) is 28.3 Å². The molecule has 4 aromatic carbocycles. The van der Waals surface area contributed by atoms with Gasteiger partial charge in [0.15, 0.2) is 12.4 Å². The van der Waals surface area contributed by atoms with E-state index in [-0.39, 0.29) is 24.6 Å². The van der Waals surface area contributed by atoms with Gasteiger partial charge >= 0.3 is 11.9 Å². The Labute approximate surface area is 237 Å². The minimum atomic E-state index is -0.682. The third kappa shape index (κ3) is 6.86. The molecular weight excluding hydrogens is 522 g/mol. The van der Waals surface area contributed by atoms with Gasteiger partial charge in [-0.2, -0.15) is 0 Å². The maximum Gasteiger partial charge on any atom is 0.343 e. The lowest BCUT2D eigenvalue weighted by Gasteiger charge is -2.17. The van der Waals surface area contributed by atoms with Crippen LogP contribution < -0.4 is 14.4 Å². The Morgan fingerprint density at radius 3 is 2.02 bits per heavy atom. The summed E-state index contributed by atoms with van der Waals surface area (Å²) in [6.07, 6.45) is -0.00385. The molecule has 0 unspecified atom stereocenters. The Hall–Kier alpha value is -5.24. The first-order chi connectivity index (χ1) is 19.9. The fourth-order valence-corrected chi connectivity index (χ4v) is 4.34. The Morgan fingerprint density at radius 2 is 1.37 bits per heavy atom. The summed E-state index contributed by atoms with van der Waals surface area (Å²) in [5, 5.41) is 0. The maximum atomic E-state index is 12.7. The highest BCUT2D eigenvalue weighted by Crippen LogP contribution is 2.29. The Bertz CT molecular complexity index is 1550. The summed E-state index contributed by atoms with van der Waals surface area (Å²) in [6, 6.07) is 29.3. The van der Waals surface area contributed by atoms with Crippen molar-refractivity contribution in [3.63, 3.8) is 0 Å². The topological polar surface area (TPSA) is 99.2 Å². The predicted molar refractivity (Wildman–Crippen MR) is 151 cm³/mol.